The lowest BCUT2D eigenvalue weighted by Crippen LogP contribution is -2.37. The smallest absolute Gasteiger partial charge is 0.0857 e. The Morgan fingerprint density at radius 3 is 1.53 bits per heavy atom. The molecule has 0 saturated carbocycles. The van der Waals surface area contributed by atoms with Gasteiger partial charge in [-0.1, -0.05) is 54.7 Å². The summed E-state index contributed by atoms with van der Waals surface area (Å²) in [6.45, 7) is 9.09. The van der Waals surface area contributed by atoms with Gasteiger partial charge in [-0.25, -0.2) is 0 Å². The highest BCUT2D eigenvalue weighted by molar-refractivity contribution is 6.88. The predicted molar refractivity (Wildman–Crippen MR) is 84.8 cm³/mol. The molecule has 0 aliphatic rings. The van der Waals surface area contributed by atoms with E-state index in [0.717, 1.165) is 11.4 Å². The summed E-state index contributed by atoms with van der Waals surface area (Å²) in [5.74, 6) is 0. The Kier molecular flexibility index (Phi) is 3.95. The van der Waals surface area contributed by atoms with Crippen molar-refractivity contribution in [3.63, 3.8) is 0 Å². The van der Waals surface area contributed by atoms with Crippen LogP contribution < -0.4 is 5.19 Å². The zero-order valence-electron chi connectivity index (χ0n) is 12.0. The van der Waals surface area contributed by atoms with Gasteiger partial charge in [0.2, 0.25) is 0 Å². The Morgan fingerprint density at radius 1 is 0.684 bits per heavy atom. The molecule has 0 unspecified atom stereocenters. The van der Waals surface area contributed by atoms with Crippen molar-refractivity contribution in [1.29, 1.82) is 0 Å². The van der Waals surface area contributed by atoms with Gasteiger partial charge in [0.15, 0.2) is 0 Å². The summed E-state index contributed by atoms with van der Waals surface area (Å²) >= 11 is 0. The van der Waals surface area contributed by atoms with E-state index < -0.39 is 8.07 Å². The molecule has 2 nitrogen and oxygen atoms in total. The first kappa shape index (κ1) is 13.7. The molecule has 0 fully saturated rings. The van der Waals surface area contributed by atoms with Gasteiger partial charge in [-0.05, 0) is 31.2 Å². The third-order valence-electron chi connectivity index (χ3n) is 3.05. The molecule has 0 spiro atoms. The molecule has 0 aliphatic heterocycles. The van der Waals surface area contributed by atoms with E-state index in [0.29, 0.717) is 0 Å². The number of azo groups is 1. The highest BCUT2D eigenvalue weighted by atomic mass is 28.3. The first-order valence-electron chi connectivity index (χ1n) is 6.54. The minimum Gasteiger partial charge on any atom is -0.151 e. The molecule has 2 aromatic rings. The Labute approximate surface area is 116 Å². The minimum absolute atomic E-state index is 0.889. The molecule has 0 atom stereocenters. The van der Waals surface area contributed by atoms with Crippen molar-refractivity contribution >= 4 is 24.6 Å². The second-order valence-corrected chi connectivity index (χ2v) is 10.9. The standard InChI is InChI=1S/C16H20N2Si/c1-13-5-7-14(8-6-13)17-18-15-9-11-16(12-10-15)19(2,3)4/h5-12H,1-4H3. The average molecular weight is 268 g/mol. The van der Waals surface area contributed by atoms with E-state index in [2.05, 4.69) is 48.9 Å². The average Bonchev–Trinajstić information content (AvgIpc) is 2.37. The van der Waals surface area contributed by atoms with Crippen molar-refractivity contribution in [2.24, 2.45) is 10.2 Å². The van der Waals surface area contributed by atoms with Gasteiger partial charge in [-0.15, -0.1) is 0 Å². The summed E-state index contributed by atoms with van der Waals surface area (Å²) in [6, 6.07) is 16.5. The van der Waals surface area contributed by atoms with Crippen LogP contribution in [0.3, 0.4) is 0 Å². The van der Waals surface area contributed by atoms with Crippen molar-refractivity contribution in [1.82, 2.24) is 0 Å². The molecule has 3 heteroatoms. The molecule has 0 heterocycles. The maximum absolute atomic E-state index is 4.27. The maximum atomic E-state index is 4.27. The first-order valence-corrected chi connectivity index (χ1v) is 10.0. The monoisotopic (exact) mass is 268 g/mol. The third-order valence-corrected chi connectivity index (χ3v) is 5.11. The van der Waals surface area contributed by atoms with E-state index in [-0.39, 0.29) is 0 Å². The van der Waals surface area contributed by atoms with Crippen LogP contribution in [-0.2, 0) is 0 Å². The topological polar surface area (TPSA) is 24.7 Å². The normalized spacial score (nSPS) is 12.0. The molecule has 0 radical (unpaired) electrons. The van der Waals surface area contributed by atoms with Crippen LogP contribution in [0.5, 0.6) is 0 Å². The predicted octanol–water partition coefficient (Wildman–Crippen LogP) is 4.96. The van der Waals surface area contributed by atoms with Crippen LogP contribution in [0.4, 0.5) is 11.4 Å². The maximum Gasteiger partial charge on any atom is 0.0857 e. The Hall–Kier alpha value is -1.74. The van der Waals surface area contributed by atoms with E-state index in [1.165, 1.54) is 10.8 Å². The van der Waals surface area contributed by atoms with Crippen molar-refractivity contribution < 1.29 is 0 Å². The molecule has 2 aromatic carbocycles. The lowest BCUT2D eigenvalue weighted by atomic mass is 10.2. The Balaban J connectivity index is 2.13. The van der Waals surface area contributed by atoms with Crippen LogP contribution in [-0.4, -0.2) is 8.07 Å². The van der Waals surface area contributed by atoms with Crippen LogP contribution in [0, 0.1) is 6.92 Å². The van der Waals surface area contributed by atoms with Crippen LogP contribution in [0.15, 0.2) is 58.8 Å². The van der Waals surface area contributed by atoms with E-state index in [1.807, 2.05) is 36.4 Å². The quantitative estimate of drug-likeness (QED) is 0.555. The fraction of sp³-hybridized carbons (Fsp3) is 0.250. The van der Waals surface area contributed by atoms with Crippen LogP contribution in [0.2, 0.25) is 19.6 Å². The van der Waals surface area contributed by atoms with Crippen molar-refractivity contribution in [2.75, 3.05) is 0 Å². The third kappa shape index (κ3) is 3.86. The lowest BCUT2D eigenvalue weighted by Gasteiger charge is -2.15. The highest BCUT2D eigenvalue weighted by Gasteiger charge is 2.15. The van der Waals surface area contributed by atoms with Crippen molar-refractivity contribution in [3.8, 4) is 0 Å². The largest absolute Gasteiger partial charge is 0.151 e. The van der Waals surface area contributed by atoms with Gasteiger partial charge < -0.3 is 0 Å². The number of hydrogen-bond donors (Lipinski definition) is 0. The number of rotatable bonds is 3. The lowest BCUT2D eigenvalue weighted by molar-refractivity contribution is 1.23. The summed E-state index contributed by atoms with van der Waals surface area (Å²) in [6.07, 6.45) is 0. The summed E-state index contributed by atoms with van der Waals surface area (Å²) in [5, 5.41) is 9.96. The zero-order chi connectivity index (χ0) is 13.9. The molecule has 19 heavy (non-hydrogen) atoms. The highest BCUT2D eigenvalue weighted by Crippen LogP contribution is 2.18. The Morgan fingerprint density at radius 2 is 1.11 bits per heavy atom. The zero-order valence-corrected chi connectivity index (χ0v) is 13.0. The van der Waals surface area contributed by atoms with Crippen LogP contribution in [0.1, 0.15) is 5.56 Å². The van der Waals surface area contributed by atoms with Crippen molar-refractivity contribution in [2.45, 2.75) is 26.6 Å². The second kappa shape index (κ2) is 5.49. The van der Waals surface area contributed by atoms with Crippen LogP contribution in [0.25, 0.3) is 0 Å². The van der Waals surface area contributed by atoms with E-state index in [9.17, 15) is 0 Å². The second-order valence-electron chi connectivity index (χ2n) is 5.83. The number of benzene rings is 2. The van der Waals surface area contributed by atoms with Gasteiger partial charge in [0.05, 0.1) is 19.4 Å². The van der Waals surface area contributed by atoms with E-state index in [4.69, 9.17) is 0 Å². The van der Waals surface area contributed by atoms with Gasteiger partial charge >= 0.3 is 0 Å². The van der Waals surface area contributed by atoms with Crippen LogP contribution >= 0.6 is 0 Å². The number of nitrogens with zero attached hydrogens (tertiary/aromatic N) is 2. The number of aryl methyl sites for hydroxylation is 1. The van der Waals surface area contributed by atoms with Gasteiger partial charge in [0.1, 0.15) is 0 Å². The SMILES string of the molecule is Cc1ccc(N=Nc2ccc([Si](C)(C)C)cc2)cc1. The molecule has 0 amide bonds. The van der Waals surface area contributed by atoms with E-state index >= 15 is 0 Å². The molecule has 0 aliphatic carbocycles. The summed E-state index contributed by atoms with van der Waals surface area (Å²) < 4.78 is 0. The molecule has 0 bridgehead atoms. The summed E-state index contributed by atoms with van der Waals surface area (Å²) in [5.41, 5.74) is 3.03. The Bertz CT molecular complexity index is 563. The molecular formula is C16H20N2Si. The fourth-order valence-electron chi connectivity index (χ4n) is 1.75. The van der Waals surface area contributed by atoms with Crippen molar-refractivity contribution in [3.05, 3.63) is 54.1 Å². The summed E-state index contributed by atoms with van der Waals surface area (Å²) in [4.78, 5) is 0. The van der Waals surface area contributed by atoms with Gasteiger partial charge in [-0.2, -0.15) is 10.2 Å². The first-order chi connectivity index (χ1) is 8.95. The molecular weight excluding hydrogens is 248 g/mol. The molecule has 0 N–H and O–H groups in total. The minimum atomic E-state index is -1.22. The van der Waals surface area contributed by atoms with Gasteiger partial charge in [-0.3, -0.25) is 0 Å². The molecule has 0 aromatic heterocycles. The van der Waals surface area contributed by atoms with E-state index in [1.54, 1.807) is 0 Å². The fourth-order valence-corrected chi connectivity index (χ4v) is 2.92. The molecule has 2 rings (SSSR count). The molecule has 98 valence electrons. The number of hydrogen-bond acceptors (Lipinski definition) is 2. The molecule has 0 saturated heterocycles. The summed E-state index contributed by atoms with van der Waals surface area (Å²) in [7, 11) is -1.22. The van der Waals surface area contributed by atoms with Gasteiger partial charge in [0.25, 0.3) is 0 Å². The van der Waals surface area contributed by atoms with Gasteiger partial charge in [0, 0.05) is 0 Å².